The highest BCUT2D eigenvalue weighted by Crippen LogP contribution is 2.18. The van der Waals surface area contributed by atoms with Crippen LogP contribution in [0, 0.1) is 13.8 Å². The summed E-state index contributed by atoms with van der Waals surface area (Å²) in [7, 11) is 0. The maximum Gasteiger partial charge on any atom is 0.238 e. The lowest BCUT2D eigenvalue weighted by atomic mass is 10.1. The number of carbonyl (C=O) groups excluding carboxylic acids is 1. The number of hydrogen-bond donors (Lipinski definition) is 2. The van der Waals surface area contributed by atoms with Gasteiger partial charge in [-0.15, -0.1) is 0 Å². The van der Waals surface area contributed by atoms with E-state index in [2.05, 4.69) is 16.3 Å². The third-order valence-electron chi connectivity index (χ3n) is 4.21. The van der Waals surface area contributed by atoms with Crippen LogP contribution in [-0.4, -0.2) is 41.7 Å². The van der Waals surface area contributed by atoms with Gasteiger partial charge in [0.1, 0.15) is 0 Å². The summed E-state index contributed by atoms with van der Waals surface area (Å²) in [6.45, 7) is 5.44. The van der Waals surface area contributed by atoms with Gasteiger partial charge in [-0.1, -0.05) is 30.5 Å². The molecule has 1 aliphatic rings. The second-order valence-electron chi connectivity index (χ2n) is 6.02. The van der Waals surface area contributed by atoms with Crippen LogP contribution in [0.3, 0.4) is 0 Å². The van der Waals surface area contributed by atoms with Gasteiger partial charge in [0.05, 0.1) is 13.2 Å². The molecule has 1 saturated heterocycles. The van der Waals surface area contributed by atoms with Crippen LogP contribution in [0.15, 0.2) is 18.2 Å². The third-order valence-corrected chi connectivity index (χ3v) is 4.21. The summed E-state index contributed by atoms with van der Waals surface area (Å²) in [6, 6.07) is 6.15. The van der Waals surface area contributed by atoms with E-state index in [1.807, 2.05) is 26.0 Å². The van der Waals surface area contributed by atoms with Crippen molar-refractivity contribution >= 4 is 11.6 Å². The van der Waals surface area contributed by atoms with Crippen molar-refractivity contribution in [3.8, 4) is 0 Å². The largest absolute Gasteiger partial charge is 0.395 e. The second kappa shape index (κ2) is 7.57. The van der Waals surface area contributed by atoms with Crippen LogP contribution in [0.25, 0.3) is 0 Å². The van der Waals surface area contributed by atoms with Crippen LogP contribution < -0.4 is 5.32 Å². The molecule has 0 spiro atoms. The Hall–Kier alpha value is -1.39. The van der Waals surface area contributed by atoms with E-state index in [9.17, 15) is 9.90 Å². The smallest absolute Gasteiger partial charge is 0.238 e. The van der Waals surface area contributed by atoms with Crippen molar-refractivity contribution in [2.75, 3.05) is 25.0 Å². The average Bonchev–Trinajstić information content (AvgIpc) is 2.67. The number of aliphatic hydroxyl groups excluding tert-OH is 1. The first-order chi connectivity index (χ1) is 10.1. The van der Waals surface area contributed by atoms with Crippen molar-refractivity contribution in [3.05, 3.63) is 29.3 Å². The maximum absolute atomic E-state index is 12.3. The van der Waals surface area contributed by atoms with E-state index in [0.29, 0.717) is 6.54 Å². The van der Waals surface area contributed by atoms with Gasteiger partial charge in [0.2, 0.25) is 5.91 Å². The monoisotopic (exact) mass is 290 g/mol. The van der Waals surface area contributed by atoms with E-state index >= 15 is 0 Å². The molecule has 1 atom stereocenters. The van der Waals surface area contributed by atoms with Crippen LogP contribution in [0.2, 0.25) is 0 Å². The number of nitrogens with zero attached hydrogens (tertiary/aromatic N) is 1. The quantitative estimate of drug-likeness (QED) is 0.895. The summed E-state index contributed by atoms with van der Waals surface area (Å²) >= 11 is 0. The Morgan fingerprint density at radius 2 is 2.14 bits per heavy atom. The van der Waals surface area contributed by atoms with E-state index in [4.69, 9.17) is 0 Å². The summed E-state index contributed by atoms with van der Waals surface area (Å²) in [4.78, 5) is 14.4. The predicted octanol–water partition coefficient (Wildman–Crippen LogP) is 2.48. The van der Waals surface area contributed by atoms with Gasteiger partial charge < -0.3 is 10.4 Å². The number of hydrogen-bond acceptors (Lipinski definition) is 3. The number of rotatable bonds is 4. The molecule has 1 heterocycles. The minimum atomic E-state index is 0.00213. The topological polar surface area (TPSA) is 52.6 Å². The SMILES string of the molecule is Cc1ccc(NC(=O)CN2CCCCCC2CO)c(C)c1. The number of benzene rings is 1. The highest BCUT2D eigenvalue weighted by Gasteiger charge is 2.22. The first-order valence-electron chi connectivity index (χ1n) is 7.82. The van der Waals surface area contributed by atoms with E-state index in [-0.39, 0.29) is 18.6 Å². The molecule has 0 aliphatic carbocycles. The Labute approximate surface area is 127 Å². The molecule has 1 unspecified atom stereocenters. The standard InChI is InChI=1S/C17H26N2O2/c1-13-7-8-16(14(2)10-13)18-17(21)11-19-9-5-3-4-6-15(19)12-20/h7-8,10,15,20H,3-6,9,11-12H2,1-2H3,(H,18,21). The lowest BCUT2D eigenvalue weighted by Gasteiger charge is -2.27. The summed E-state index contributed by atoms with van der Waals surface area (Å²) < 4.78 is 0. The van der Waals surface area contributed by atoms with Crippen molar-refractivity contribution in [3.63, 3.8) is 0 Å². The molecule has 1 aromatic rings. The lowest BCUT2D eigenvalue weighted by Crippen LogP contribution is -2.42. The molecule has 0 radical (unpaired) electrons. The Morgan fingerprint density at radius 3 is 2.86 bits per heavy atom. The van der Waals surface area contributed by atoms with Gasteiger partial charge in [-0.05, 0) is 44.9 Å². The first kappa shape index (κ1) is 16.0. The molecule has 0 bridgehead atoms. The van der Waals surface area contributed by atoms with Crippen molar-refractivity contribution in [2.24, 2.45) is 0 Å². The Balaban J connectivity index is 1.96. The fourth-order valence-electron chi connectivity index (χ4n) is 2.98. The molecular formula is C17H26N2O2. The summed E-state index contributed by atoms with van der Waals surface area (Å²) in [5.74, 6) is 0.00213. The third kappa shape index (κ3) is 4.55. The number of amides is 1. The first-order valence-corrected chi connectivity index (χ1v) is 7.82. The summed E-state index contributed by atoms with van der Waals surface area (Å²) in [5.41, 5.74) is 3.15. The van der Waals surface area contributed by atoms with Gasteiger partial charge in [0, 0.05) is 11.7 Å². The summed E-state index contributed by atoms with van der Waals surface area (Å²) in [5, 5.41) is 12.5. The average molecular weight is 290 g/mol. The van der Waals surface area contributed by atoms with Crippen LogP contribution in [0.4, 0.5) is 5.69 Å². The highest BCUT2D eigenvalue weighted by molar-refractivity contribution is 5.93. The van der Waals surface area contributed by atoms with Gasteiger partial charge in [-0.2, -0.15) is 0 Å². The molecule has 2 rings (SSSR count). The zero-order valence-corrected chi connectivity index (χ0v) is 13.1. The molecule has 4 nitrogen and oxygen atoms in total. The van der Waals surface area contributed by atoms with Crippen LogP contribution in [0.1, 0.15) is 36.8 Å². The zero-order valence-electron chi connectivity index (χ0n) is 13.1. The minimum absolute atomic E-state index is 0.00213. The highest BCUT2D eigenvalue weighted by atomic mass is 16.3. The Bertz CT molecular complexity index is 488. The molecule has 1 fully saturated rings. The Kier molecular flexibility index (Phi) is 5.76. The number of nitrogens with one attached hydrogen (secondary N) is 1. The number of anilines is 1. The molecule has 1 aromatic carbocycles. The van der Waals surface area contributed by atoms with Gasteiger partial charge >= 0.3 is 0 Å². The zero-order chi connectivity index (χ0) is 15.2. The van der Waals surface area contributed by atoms with E-state index in [0.717, 1.165) is 37.1 Å². The molecule has 0 saturated carbocycles. The van der Waals surface area contributed by atoms with Crippen LogP contribution in [-0.2, 0) is 4.79 Å². The molecule has 0 aromatic heterocycles. The maximum atomic E-state index is 12.3. The number of aliphatic hydroxyl groups is 1. The molecular weight excluding hydrogens is 264 g/mol. The van der Waals surface area contributed by atoms with E-state index in [1.165, 1.54) is 12.0 Å². The number of likely N-dealkylation sites (tertiary alicyclic amines) is 1. The van der Waals surface area contributed by atoms with Gasteiger partial charge in [0.15, 0.2) is 0 Å². The van der Waals surface area contributed by atoms with E-state index in [1.54, 1.807) is 0 Å². The van der Waals surface area contributed by atoms with Crippen molar-refractivity contribution < 1.29 is 9.90 Å². The van der Waals surface area contributed by atoms with Crippen molar-refractivity contribution in [1.29, 1.82) is 0 Å². The molecule has 1 aliphatic heterocycles. The minimum Gasteiger partial charge on any atom is -0.395 e. The summed E-state index contributed by atoms with van der Waals surface area (Å²) in [6.07, 6.45) is 4.41. The van der Waals surface area contributed by atoms with E-state index < -0.39 is 0 Å². The lowest BCUT2D eigenvalue weighted by molar-refractivity contribution is -0.118. The van der Waals surface area contributed by atoms with Crippen molar-refractivity contribution in [2.45, 2.75) is 45.6 Å². The van der Waals surface area contributed by atoms with Gasteiger partial charge in [-0.3, -0.25) is 9.69 Å². The predicted molar refractivity (Wildman–Crippen MR) is 85.5 cm³/mol. The van der Waals surface area contributed by atoms with Crippen LogP contribution in [0.5, 0.6) is 0 Å². The molecule has 116 valence electrons. The molecule has 4 heteroatoms. The number of carbonyl (C=O) groups is 1. The molecule has 21 heavy (non-hydrogen) atoms. The van der Waals surface area contributed by atoms with Gasteiger partial charge in [-0.25, -0.2) is 0 Å². The Morgan fingerprint density at radius 1 is 1.33 bits per heavy atom. The van der Waals surface area contributed by atoms with Crippen molar-refractivity contribution in [1.82, 2.24) is 4.90 Å². The fourth-order valence-corrected chi connectivity index (χ4v) is 2.98. The van der Waals surface area contributed by atoms with Gasteiger partial charge in [0.25, 0.3) is 0 Å². The van der Waals surface area contributed by atoms with Crippen LogP contribution >= 0.6 is 0 Å². The molecule has 1 amide bonds. The molecule has 2 N–H and O–H groups in total. The number of aryl methyl sites for hydroxylation is 2. The second-order valence-corrected chi connectivity index (χ2v) is 6.02. The normalized spacial score (nSPS) is 20.0. The fraction of sp³-hybridized carbons (Fsp3) is 0.588.